The van der Waals surface area contributed by atoms with Crippen LogP contribution >= 0.6 is 0 Å². The van der Waals surface area contributed by atoms with Crippen LogP contribution in [0, 0.1) is 0 Å². The van der Waals surface area contributed by atoms with E-state index in [2.05, 4.69) is 12.2 Å². The second kappa shape index (κ2) is 6.54. The smallest absolute Gasteiger partial charge is 0.336 e. The molecule has 0 aliphatic heterocycles. The molecule has 1 aromatic heterocycles. The summed E-state index contributed by atoms with van der Waals surface area (Å²) in [4.78, 5) is 11.6. The normalized spacial score (nSPS) is 12.6. The van der Waals surface area contributed by atoms with Gasteiger partial charge in [-0.25, -0.2) is 4.79 Å². The maximum Gasteiger partial charge on any atom is 0.336 e. The largest absolute Gasteiger partial charge is 0.497 e. The Balaban J connectivity index is 2.30. The Labute approximate surface area is 117 Å². The van der Waals surface area contributed by atoms with E-state index in [1.165, 1.54) is 0 Å². The highest BCUT2D eigenvalue weighted by Gasteiger charge is 2.10. The van der Waals surface area contributed by atoms with Gasteiger partial charge in [0.15, 0.2) is 0 Å². The van der Waals surface area contributed by atoms with Gasteiger partial charge in [0, 0.05) is 30.2 Å². The lowest BCUT2D eigenvalue weighted by molar-refractivity contribution is -0.702. The zero-order valence-electron chi connectivity index (χ0n) is 12.0. The van der Waals surface area contributed by atoms with E-state index in [0.717, 1.165) is 10.9 Å². The lowest BCUT2D eigenvalue weighted by atomic mass is 10.1. The Bertz CT molecular complexity index is 635. The van der Waals surface area contributed by atoms with Crippen LogP contribution in [0.15, 0.2) is 33.5 Å². The molecule has 2 aromatic rings. The van der Waals surface area contributed by atoms with Gasteiger partial charge in [-0.05, 0) is 19.1 Å². The van der Waals surface area contributed by atoms with Gasteiger partial charge in [-0.2, -0.15) is 0 Å². The molecule has 2 rings (SSSR count). The van der Waals surface area contributed by atoms with E-state index in [0.29, 0.717) is 30.5 Å². The zero-order chi connectivity index (χ0) is 14.5. The van der Waals surface area contributed by atoms with Crippen molar-refractivity contribution in [2.75, 3.05) is 20.8 Å². The van der Waals surface area contributed by atoms with Gasteiger partial charge in [0.05, 0.1) is 13.7 Å². The lowest BCUT2D eigenvalue weighted by Gasteiger charge is -2.10. The monoisotopic (exact) mass is 278 g/mol. The predicted molar refractivity (Wildman–Crippen MR) is 76.0 cm³/mol. The molecule has 0 aliphatic carbocycles. The number of hydrogen-bond acceptors (Lipinski definition) is 4. The first kappa shape index (κ1) is 14.6. The van der Waals surface area contributed by atoms with Crippen molar-refractivity contribution < 1.29 is 19.2 Å². The van der Waals surface area contributed by atoms with Gasteiger partial charge >= 0.3 is 5.63 Å². The molecule has 1 heterocycles. The molecule has 5 nitrogen and oxygen atoms in total. The molecular formula is C15H20NO4+. The molecule has 0 radical (unpaired) electrons. The Morgan fingerprint density at radius 1 is 1.30 bits per heavy atom. The van der Waals surface area contributed by atoms with E-state index in [1.54, 1.807) is 26.4 Å². The fourth-order valence-electron chi connectivity index (χ4n) is 2.17. The third kappa shape index (κ3) is 3.37. The van der Waals surface area contributed by atoms with Crippen LogP contribution in [0.25, 0.3) is 11.0 Å². The zero-order valence-corrected chi connectivity index (χ0v) is 12.0. The van der Waals surface area contributed by atoms with Gasteiger partial charge in [-0.3, -0.25) is 0 Å². The number of benzene rings is 1. The number of nitrogens with two attached hydrogens (primary N) is 1. The summed E-state index contributed by atoms with van der Waals surface area (Å²) < 4.78 is 15.5. The molecule has 108 valence electrons. The van der Waals surface area contributed by atoms with Crippen LogP contribution in [0.5, 0.6) is 5.75 Å². The summed E-state index contributed by atoms with van der Waals surface area (Å²) in [5.74, 6) is 0.675. The molecule has 0 unspecified atom stereocenters. The maximum atomic E-state index is 11.6. The highest BCUT2D eigenvalue weighted by molar-refractivity contribution is 5.81. The molecule has 5 heteroatoms. The average molecular weight is 278 g/mol. The van der Waals surface area contributed by atoms with Crippen molar-refractivity contribution in [3.8, 4) is 5.75 Å². The Morgan fingerprint density at radius 3 is 2.80 bits per heavy atom. The van der Waals surface area contributed by atoms with E-state index < -0.39 is 0 Å². The van der Waals surface area contributed by atoms with E-state index in [9.17, 15) is 4.79 Å². The van der Waals surface area contributed by atoms with E-state index in [4.69, 9.17) is 13.9 Å². The number of methoxy groups -OCH3 is 2. The molecule has 0 spiro atoms. The van der Waals surface area contributed by atoms with E-state index in [-0.39, 0.29) is 5.63 Å². The van der Waals surface area contributed by atoms with Crippen molar-refractivity contribution in [2.45, 2.75) is 19.5 Å². The summed E-state index contributed by atoms with van der Waals surface area (Å²) in [5, 5.41) is 3.08. The summed E-state index contributed by atoms with van der Waals surface area (Å²) in [5.41, 5.74) is 1.18. The summed E-state index contributed by atoms with van der Waals surface area (Å²) in [7, 11) is 3.27. The summed E-state index contributed by atoms with van der Waals surface area (Å²) in [6, 6.07) is 7.40. The molecule has 1 aromatic carbocycles. The molecule has 0 aliphatic rings. The second-order valence-electron chi connectivity index (χ2n) is 4.83. The Hall–Kier alpha value is -1.85. The van der Waals surface area contributed by atoms with Gasteiger partial charge in [-0.15, -0.1) is 0 Å². The number of fused-ring (bicyclic) bond motifs is 1. The Morgan fingerprint density at radius 2 is 2.10 bits per heavy atom. The standard InChI is InChI=1S/C15H19NO4/c1-10(9-18-2)16-8-11-6-15(17)20-14-7-12(19-3)4-5-13(11)14/h4-7,10,16H,8-9H2,1-3H3/p+1/t10-/m1/s1. The first-order valence-corrected chi connectivity index (χ1v) is 6.57. The van der Waals surface area contributed by atoms with Crippen LogP contribution in [-0.2, 0) is 11.3 Å². The van der Waals surface area contributed by atoms with Crippen LogP contribution in [-0.4, -0.2) is 26.9 Å². The lowest BCUT2D eigenvalue weighted by Crippen LogP contribution is -2.88. The predicted octanol–water partition coefficient (Wildman–Crippen LogP) is 0.900. The molecule has 0 saturated carbocycles. The SMILES string of the molecule is COC[C@@H](C)[NH2+]Cc1cc(=O)oc2cc(OC)ccc12. The van der Waals surface area contributed by atoms with Crippen LogP contribution in [0.4, 0.5) is 0 Å². The fraction of sp³-hybridized carbons (Fsp3) is 0.400. The fourth-order valence-corrected chi connectivity index (χ4v) is 2.17. The van der Waals surface area contributed by atoms with E-state index >= 15 is 0 Å². The van der Waals surface area contributed by atoms with Gasteiger partial charge in [-0.1, -0.05) is 0 Å². The van der Waals surface area contributed by atoms with Crippen LogP contribution in [0.3, 0.4) is 0 Å². The summed E-state index contributed by atoms with van der Waals surface area (Å²) >= 11 is 0. The van der Waals surface area contributed by atoms with Crippen molar-refractivity contribution >= 4 is 11.0 Å². The number of quaternary nitrogens is 1. The first-order valence-electron chi connectivity index (χ1n) is 6.57. The Kier molecular flexibility index (Phi) is 4.76. The number of hydrogen-bond donors (Lipinski definition) is 1. The third-order valence-electron chi connectivity index (χ3n) is 3.21. The van der Waals surface area contributed by atoms with Crippen LogP contribution < -0.4 is 15.7 Å². The van der Waals surface area contributed by atoms with Crippen LogP contribution in [0.2, 0.25) is 0 Å². The third-order valence-corrected chi connectivity index (χ3v) is 3.21. The van der Waals surface area contributed by atoms with Gasteiger partial charge in [0.2, 0.25) is 0 Å². The summed E-state index contributed by atoms with van der Waals surface area (Å²) in [6.45, 7) is 3.46. The maximum absolute atomic E-state index is 11.6. The number of rotatable bonds is 6. The van der Waals surface area contributed by atoms with Crippen molar-refractivity contribution in [3.05, 3.63) is 40.2 Å². The molecule has 0 saturated heterocycles. The number of ether oxygens (including phenoxy) is 2. The van der Waals surface area contributed by atoms with Gasteiger partial charge in [0.1, 0.15) is 23.9 Å². The quantitative estimate of drug-likeness (QED) is 0.797. The van der Waals surface area contributed by atoms with Gasteiger partial charge < -0.3 is 19.2 Å². The second-order valence-corrected chi connectivity index (χ2v) is 4.83. The molecule has 20 heavy (non-hydrogen) atoms. The molecule has 2 N–H and O–H groups in total. The van der Waals surface area contributed by atoms with Crippen molar-refractivity contribution in [2.24, 2.45) is 0 Å². The minimum atomic E-state index is -0.339. The van der Waals surface area contributed by atoms with Crippen molar-refractivity contribution in [1.29, 1.82) is 0 Å². The van der Waals surface area contributed by atoms with E-state index in [1.807, 2.05) is 12.1 Å². The minimum Gasteiger partial charge on any atom is -0.497 e. The molecule has 0 fully saturated rings. The van der Waals surface area contributed by atoms with Crippen molar-refractivity contribution in [3.63, 3.8) is 0 Å². The first-order chi connectivity index (χ1) is 9.63. The molecular weight excluding hydrogens is 258 g/mol. The minimum absolute atomic E-state index is 0.334. The average Bonchev–Trinajstić information content (AvgIpc) is 2.44. The van der Waals surface area contributed by atoms with Crippen molar-refractivity contribution in [1.82, 2.24) is 0 Å². The summed E-state index contributed by atoms with van der Waals surface area (Å²) in [6.07, 6.45) is 0. The van der Waals surface area contributed by atoms with Crippen LogP contribution in [0.1, 0.15) is 12.5 Å². The molecule has 0 bridgehead atoms. The highest BCUT2D eigenvalue weighted by atomic mass is 16.5. The molecule has 1 atom stereocenters. The topological polar surface area (TPSA) is 65.3 Å². The molecule has 0 amide bonds. The highest BCUT2D eigenvalue weighted by Crippen LogP contribution is 2.21. The van der Waals surface area contributed by atoms with Gasteiger partial charge in [0.25, 0.3) is 0 Å².